The Hall–Kier alpha value is -2.93. The first-order chi connectivity index (χ1) is 12.8. The SMILES string of the molecule is Cc1ccc(S(=O)(=O)Nc2ccc(NCc3ccc(F)cc3)cn2)c(C)c1. The van der Waals surface area contributed by atoms with Gasteiger partial charge in [-0.3, -0.25) is 4.72 Å². The molecule has 0 radical (unpaired) electrons. The van der Waals surface area contributed by atoms with Crippen LogP contribution < -0.4 is 10.0 Å². The number of nitrogens with one attached hydrogen (secondary N) is 2. The Bertz CT molecular complexity index is 1030. The van der Waals surface area contributed by atoms with E-state index in [1.807, 2.05) is 13.0 Å². The van der Waals surface area contributed by atoms with Gasteiger partial charge in [-0.1, -0.05) is 29.8 Å². The van der Waals surface area contributed by atoms with Crippen LogP contribution in [0.4, 0.5) is 15.9 Å². The van der Waals surface area contributed by atoms with Crippen molar-refractivity contribution in [2.24, 2.45) is 0 Å². The van der Waals surface area contributed by atoms with Crippen molar-refractivity contribution in [2.45, 2.75) is 25.3 Å². The average molecular weight is 385 g/mol. The summed E-state index contributed by atoms with van der Waals surface area (Å²) in [6, 6.07) is 14.7. The van der Waals surface area contributed by atoms with E-state index in [0.717, 1.165) is 16.8 Å². The minimum absolute atomic E-state index is 0.230. The summed E-state index contributed by atoms with van der Waals surface area (Å²) >= 11 is 0. The first-order valence-electron chi connectivity index (χ1n) is 8.38. The molecule has 1 heterocycles. The lowest BCUT2D eigenvalue weighted by atomic mass is 10.2. The summed E-state index contributed by atoms with van der Waals surface area (Å²) in [4.78, 5) is 4.38. The van der Waals surface area contributed by atoms with E-state index in [-0.39, 0.29) is 16.5 Å². The predicted octanol–water partition coefficient (Wildman–Crippen LogP) is 4.25. The number of rotatable bonds is 6. The van der Waals surface area contributed by atoms with E-state index < -0.39 is 10.0 Å². The maximum atomic E-state index is 12.9. The number of aryl methyl sites for hydroxylation is 2. The summed E-state index contributed by atoms with van der Waals surface area (Å²) in [6.07, 6.45) is 1.55. The average Bonchev–Trinajstić information content (AvgIpc) is 2.62. The molecule has 0 aliphatic carbocycles. The van der Waals surface area contributed by atoms with E-state index >= 15 is 0 Å². The first kappa shape index (κ1) is 18.8. The van der Waals surface area contributed by atoms with Gasteiger partial charge in [-0.25, -0.2) is 17.8 Å². The van der Waals surface area contributed by atoms with Crippen LogP contribution in [-0.2, 0) is 16.6 Å². The number of halogens is 1. The van der Waals surface area contributed by atoms with Gasteiger partial charge in [-0.15, -0.1) is 0 Å². The Balaban J connectivity index is 1.67. The molecule has 0 unspecified atom stereocenters. The fourth-order valence-electron chi connectivity index (χ4n) is 2.66. The molecule has 27 heavy (non-hydrogen) atoms. The molecule has 0 aliphatic rings. The second-order valence-electron chi connectivity index (χ2n) is 6.29. The van der Waals surface area contributed by atoms with Gasteiger partial charge >= 0.3 is 0 Å². The molecule has 2 aromatic carbocycles. The van der Waals surface area contributed by atoms with Crippen molar-refractivity contribution in [1.82, 2.24) is 4.98 Å². The molecular weight excluding hydrogens is 365 g/mol. The Kier molecular flexibility index (Phi) is 5.41. The standard InChI is InChI=1S/C20H20FN3O2S/c1-14-3-9-19(15(2)11-14)27(25,26)24-20-10-8-18(13-23-20)22-12-16-4-6-17(21)7-5-16/h3-11,13,22H,12H2,1-2H3,(H,23,24). The number of nitrogens with zero attached hydrogens (tertiary/aromatic N) is 1. The number of sulfonamides is 1. The maximum absolute atomic E-state index is 12.9. The minimum atomic E-state index is -3.70. The van der Waals surface area contributed by atoms with Crippen LogP contribution in [0, 0.1) is 19.7 Å². The number of benzene rings is 2. The molecule has 0 aliphatic heterocycles. The highest BCUT2D eigenvalue weighted by Crippen LogP contribution is 2.20. The van der Waals surface area contributed by atoms with Crippen LogP contribution in [0.2, 0.25) is 0 Å². The summed E-state index contributed by atoms with van der Waals surface area (Å²) in [5.74, 6) is -0.0387. The number of pyridine rings is 1. The molecule has 0 spiro atoms. The highest BCUT2D eigenvalue weighted by molar-refractivity contribution is 7.92. The molecule has 3 rings (SSSR count). The van der Waals surface area contributed by atoms with Gasteiger partial charge in [0.1, 0.15) is 11.6 Å². The topological polar surface area (TPSA) is 71.1 Å². The van der Waals surface area contributed by atoms with Crippen LogP contribution in [0.25, 0.3) is 0 Å². The van der Waals surface area contributed by atoms with Gasteiger partial charge in [0.15, 0.2) is 0 Å². The lowest BCUT2D eigenvalue weighted by molar-refractivity contribution is 0.600. The largest absolute Gasteiger partial charge is 0.380 e. The van der Waals surface area contributed by atoms with Gasteiger partial charge in [-0.05, 0) is 55.3 Å². The molecular formula is C20H20FN3O2S. The molecule has 1 aromatic heterocycles. The van der Waals surface area contributed by atoms with Gasteiger partial charge in [0.05, 0.1) is 16.8 Å². The van der Waals surface area contributed by atoms with Crippen LogP contribution in [0.15, 0.2) is 65.7 Å². The maximum Gasteiger partial charge on any atom is 0.263 e. The zero-order chi connectivity index (χ0) is 19.4. The number of hydrogen-bond acceptors (Lipinski definition) is 4. The third-order valence-electron chi connectivity index (χ3n) is 4.03. The molecule has 0 bridgehead atoms. The summed E-state index contributed by atoms with van der Waals surface area (Å²) in [5, 5.41) is 3.16. The number of anilines is 2. The van der Waals surface area contributed by atoms with Crippen LogP contribution >= 0.6 is 0 Å². The summed E-state index contributed by atoms with van der Waals surface area (Å²) in [6.45, 7) is 4.18. The van der Waals surface area contributed by atoms with E-state index in [1.165, 1.54) is 12.1 Å². The summed E-state index contributed by atoms with van der Waals surface area (Å²) in [5.41, 5.74) is 3.34. The normalized spacial score (nSPS) is 11.2. The lowest BCUT2D eigenvalue weighted by Crippen LogP contribution is -2.15. The minimum Gasteiger partial charge on any atom is -0.380 e. The Labute approximate surface area is 158 Å². The molecule has 0 amide bonds. The van der Waals surface area contributed by atoms with E-state index in [0.29, 0.717) is 12.1 Å². The second kappa shape index (κ2) is 7.75. The van der Waals surface area contributed by atoms with Crippen LogP contribution in [-0.4, -0.2) is 13.4 Å². The fourth-order valence-corrected chi connectivity index (χ4v) is 3.89. The Morgan fingerprint density at radius 1 is 1.00 bits per heavy atom. The van der Waals surface area contributed by atoms with Crippen molar-refractivity contribution in [2.75, 3.05) is 10.0 Å². The third kappa shape index (κ3) is 4.83. The van der Waals surface area contributed by atoms with Gasteiger partial charge in [0.2, 0.25) is 0 Å². The zero-order valence-corrected chi connectivity index (χ0v) is 15.8. The molecule has 0 saturated heterocycles. The van der Waals surface area contributed by atoms with E-state index in [9.17, 15) is 12.8 Å². The summed E-state index contributed by atoms with van der Waals surface area (Å²) < 4.78 is 40.5. The van der Waals surface area contributed by atoms with Crippen molar-refractivity contribution >= 4 is 21.5 Å². The smallest absolute Gasteiger partial charge is 0.263 e. The first-order valence-corrected chi connectivity index (χ1v) is 9.86. The van der Waals surface area contributed by atoms with Gasteiger partial charge < -0.3 is 5.32 Å². The Morgan fingerprint density at radius 2 is 1.74 bits per heavy atom. The van der Waals surface area contributed by atoms with Crippen molar-refractivity contribution in [3.63, 3.8) is 0 Å². The molecule has 0 atom stereocenters. The van der Waals surface area contributed by atoms with Crippen molar-refractivity contribution in [3.8, 4) is 0 Å². The zero-order valence-electron chi connectivity index (χ0n) is 15.0. The predicted molar refractivity (Wildman–Crippen MR) is 105 cm³/mol. The number of aromatic nitrogens is 1. The molecule has 5 nitrogen and oxygen atoms in total. The van der Waals surface area contributed by atoms with Crippen molar-refractivity contribution in [1.29, 1.82) is 0 Å². The lowest BCUT2D eigenvalue weighted by Gasteiger charge is -2.11. The Morgan fingerprint density at radius 3 is 2.37 bits per heavy atom. The van der Waals surface area contributed by atoms with Crippen LogP contribution in [0.3, 0.4) is 0 Å². The molecule has 0 saturated carbocycles. The van der Waals surface area contributed by atoms with Gasteiger partial charge in [0, 0.05) is 6.54 Å². The van der Waals surface area contributed by atoms with Gasteiger partial charge in [-0.2, -0.15) is 0 Å². The molecule has 3 aromatic rings. The fraction of sp³-hybridized carbons (Fsp3) is 0.150. The highest BCUT2D eigenvalue weighted by atomic mass is 32.2. The molecule has 0 fully saturated rings. The van der Waals surface area contributed by atoms with E-state index in [2.05, 4.69) is 15.0 Å². The van der Waals surface area contributed by atoms with E-state index in [1.54, 1.807) is 49.5 Å². The van der Waals surface area contributed by atoms with Crippen LogP contribution in [0.5, 0.6) is 0 Å². The van der Waals surface area contributed by atoms with Crippen molar-refractivity contribution in [3.05, 3.63) is 83.3 Å². The number of hydrogen-bond donors (Lipinski definition) is 2. The van der Waals surface area contributed by atoms with E-state index in [4.69, 9.17) is 0 Å². The molecule has 2 N–H and O–H groups in total. The van der Waals surface area contributed by atoms with Crippen molar-refractivity contribution < 1.29 is 12.8 Å². The third-order valence-corrected chi connectivity index (χ3v) is 5.55. The second-order valence-corrected chi connectivity index (χ2v) is 7.94. The highest BCUT2D eigenvalue weighted by Gasteiger charge is 2.17. The monoisotopic (exact) mass is 385 g/mol. The quantitative estimate of drug-likeness (QED) is 0.665. The summed E-state index contributed by atoms with van der Waals surface area (Å²) in [7, 11) is -3.70. The molecule has 140 valence electrons. The van der Waals surface area contributed by atoms with Crippen LogP contribution in [0.1, 0.15) is 16.7 Å². The molecule has 7 heteroatoms. The van der Waals surface area contributed by atoms with Gasteiger partial charge in [0.25, 0.3) is 10.0 Å².